The van der Waals surface area contributed by atoms with Crippen molar-refractivity contribution < 1.29 is 19.4 Å². The van der Waals surface area contributed by atoms with Gasteiger partial charge in [0.2, 0.25) is 0 Å². The van der Waals surface area contributed by atoms with E-state index in [0.717, 1.165) is 17.1 Å². The van der Waals surface area contributed by atoms with Crippen molar-refractivity contribution in [2.75, 3.05) is 11.9 Å². The van der Waals surface area contributed by atoms with Crippen molar-refractivity contribution in [2.24, 2.45) is 0 Å². The molecular formula is C16H15NO4. The first-order chi connectivity index (χ1) is 10.2. The van der Waals surface area contributed by atoms with Crippen LogP contribution in [0.25, 0.3) is 0 Å². The Morgan fingerprint density at radius 3 is 2.81 bits per heavy atom. The minimum atomic E-state index is -0.812. The molecule has 0 unspecified atom stereocenters. The van der Waals surface area contributed by atoms with Crippen molar-refractivity contribution in [3.8, 4) is 17.2 Å². The second kappa shape index (κ2) is 5.75. The SMILES string of the molecule is O=C(O)CCCOc1ccc2c(c1)Oc1ccccc1N2. The van der Waals surface area contributed by atoms with Crippen LogP contribution in [0.15, 0.2) is 42.5 Å². The molecule has 5 nitrogen and oxygen atoms in total. The average molecular weight is 285 g/mol. The summed E-state index contributed by atoms with van der Waals surface area (Å²) in [4.78, 5) is 10.4. The number of fused-ring (bicyclic) bond motifs is 2. The second-order valence-electron chi connectivity index (χ2n) is 4.73. The number of anilines is 2. The fourth-order valence-electron chi connectivity index (χ4n) is 2.12. The zero-order valence-electron chi connectivity index (χ0n) is 11.3. The monoisotopic (exact) mass is 285 g/mol. The summed E-state index contributed by atoms with van der Waals surface area (Å²) in [5.41, 5.74) is 1.81. The Labute approximate surface area is 122 Å². The number of carboxylic acids is 1. The van der Waals surface area contributed by atoms with Crippen LogP contribution in [0.1, 0.15) is 12.8 Å². The highest BCUT2D eigenvalue weighted by atomic mass is 16.5. The molecule has 0 aromatic heterocycles. The minimum Gasteiger partial charge on any atom is -0.493 e. The quantitative estimate of drug-likeness (QED) is 0.698. The van der Waals surface area contributed by atoms with E-state index in [1.165, 1.54) is 0 Å². The maximum Gasteiger partial charge on any atom is 0.303 e. The highest BCUT2D eigenvalue weighted by Crippen LogP contribution is 2.42. The number of hydrogen-bond acceptors (Lipinski definition) is 4. The number of benzene rings is 2. The Bertz CT molecular complexity index is 669. The van der Waals surface area contributed by atoms with Crippen LogP contribution in [0.4, 0.5) is 11.4 Å². The van der Waals surface area contributed by atoms with Crippen LogP contribution in [0.3, 0.4) is 0 Å². The Hall–Kier alpha value is -2.69. The van der Waals surface area contributed by atoms with Gasteiger partial charge in [-0.05, 0) is 30.7 Å². The molecule has 0 spiro atoms. The fraction of sp³-hybridized carbons (Fsp3) is 0.188. The Morgan fingerprint density at radius 1 is 1.14 bits per heavy atom. The van der Waals surface area contributed by atoms with Crippen molar-refractivity contribution >= 4 is 17.3 Å². The number of ether oxygens (including phenoxy) is 2. The zero-order valence-corrected chi connectivity index (χ0v) is 11.3. The van der Waals surface area contributed by atoms with Gasteiger partial charge in [-0.15, -0.1) is 0 Å². The molecule has 21 heavy (non-hydrogen) atoms. The number of carboxylic acid groups (broad SMARTS) is 1. The maximum absolute atomic E-state index is 10.4. The molecule has 1 aliphatic rings. The normalized spacial score (nSPS) is 11.6. The van der Waals surface area contributed by atoms with Gasteiger partial charge < -0.3 is 19.9 Å². The molecule has 2 aromatic rings. The van der Waals surface area contributed by atoms with Gasteiger partial charge in [-0.25, -0.2) is 0 Å². The van der Waals surface area contributed by atoms with Crippen LogP contribution < -0.4 is 14.8 Å². The van der Waals surface area contributed by atoms with Gasteiger partial charge in [0.25, 0.3) is 0 Å². The molecule has 0 saturated carbocycles. The van der Waals surface area contributed by atoms with E-state index in [-0.39, 0.29) is 6.42 Å². The van der Waals surface area contributed by atoms with Crippen molar-refractivity contribution in [2.45, 2.75) is 12.8 Å². The summed E-state index contributed by atoms with van der Waals surface area (Å²) in [5.74, 6) is 1.32. The highest BCUT2D eigenvalue weighted by molar-refractivity contribution is 5.76. The third-order valence-electron chi connectivity index (χ3n) is 3.13. The molecule has 1 heterocycles. The summed E-state index contributed by atoms with van der Waals surface area (Å²) in [6.07, 6.45) is 0.588. The van der Waals surface area contributed by atoms with Gasteiger partial charge in [-0.3, -0.25) is 4.79 Å². The average Bonchev–Trinajstić information content (AvgIpc) is 2.49. The molecule has 2 aromatic carbocycles. The van der Waals surface area contributed by atoms with Crippen molar-refractivity contribution in [1.82, 2.24) is 0 Å². The van der Waals surface area contributed by atoms with Gasteiger partial charge >= 0.3 is 5.97 Å². The largest absolute Gasteiger partial charge is 0.493 e. The predicted molar refractivity (Wildman–Crippen MR) is 78.6 cm³/mol. The third-order valence-corrected chi connectivity index (χ3v) is 3.13. The van der Waals surface area contributed by atoms with Gasteiger partial charge in [0.15, 0.2) is 11.5 Å². The fourth-order valence-corrected chi connectivity index (χ4v) is 2.12. The number of rotatable bonds is 5. The van der Waals surface area contributed by atoms with E-state index in [1.54, 1.807) is 6.07 Å². The zero-order chi connectivity index (χ0) is 14.7. The van der Waals surface area contributed by atoms with Crippen molar-refractivity contribution in [1.29, 1.82) is 0 Å². The summed E-state index contributed by atoms with van der Waals surface area (Å²) in [6.45, 7) is 0.370. The molecule has 0 fully saturated rings. The molecule has 0 aliphatic carbocycles. The molecule has 0 amide bonds. The molecular weight excluding hydrogens is 270 g/mol. The Kier molecular flexibility index (Phi) is 3.64. The van der Waals surface area contributed by atoms with Crippen LogP contribution in [-0.2, 0) is 4.79 Å². The van der Waals surface area contributed by atoms with Crippen LogP contribution >= 0.6 is 0 Å². The lowest BCUT2D eigenvalue weighted by Gasteiger charge is -2.22. The third kappa shape index (κ3) is 3.08. The van der Waals surface area contributed by atoms with Crippen LogP contribution in [0.2, 0.25) is 0 Å². The predicted octanol–water partition coefficient (Wildman–Crippen LogP) is 3.78. The first-order valence-corrected chi connectivity index (χ1v) is 6.75. The van der Waals surface area contributed by atoms with E-state index < -0.39 is 5.97 Å². The van der Waals surface area contributed by atoms with Crippen LogP contribution in [-0.4, -0.2) is 17.7 Å². The highest BCUT2D eigenvalue weighted by Gasteiger charge is 2.16. The van der Waals surface area contributed by atoms with Crippen molar-refractivity contribution in [3.05, 3.63) is 42.5 Å². The number of nitrogens with one attached hydrogen (secondary N) is 1. The van der Waals surface area contributed by atoms with Crippen molar-refractivity contribution in [3.63, 3.8) is 0 Å². The smallest absolute Gasteiger partial charge is 0.303 e. The number of carbonyl (C=O) groups is 1. The van der Waals surface area contributed by atoms with Gasteiger partial charge in [0.05, 0.1) is 18.0 Å². The summed E-state index contributed by atoms with van der Waals surface area (Å²) in [6, 6.07) is 13.2. The molecule has 0 bridgehead atoms. The van der Waals surface area contributed by atoms with E-state index in [2.05, 4.69) is 5.32 Å². The molecule has 2 N–H and O–H groups in total. The second-order valence-corrected chi connectivity index (χ2v) is 4.73. The summed E-state index contributed by atoms with van der Waals surface area (Å²) >= 11 is 0. The van der Waals surface area contributed by atoms with Gasteiger partial charge in [0, 0.05) is 12.5 Å². The molecule has 1 aliphatic heterocycles. The summed E-state index contributed by atoms with van der Waals surface area (Å²) in [7, 11) is 0. The molecule has 108 valence electrons. The van der Waals surface area contributed by atoms with Gasteiger partial charge in [-0.2, -0.15) is 0 Å². The van der Waals surface area contributed by atoms with E-state index >= 15 is 0 Å². The van der Waals surface area contributed by atoms with E-state index in [0.29, 0.717) is 24.5 Å². The molecule has 0 atom stereocenters. The van der Waals surface area contributed by atoms with E-state index in [1.807, 2.05) is 36.4 Å². The first kappa shape index (κ1) is 13.3. The minimum absolute atomic E-state index is 0.108. The lowest BCUT2D eigenvalue weighted by Crippen LogP contribution is -2.04. The summed E-state index contributed by atoms with van der Waals surface area (Å²) in [5, 5.41) is 11.9. The molecule has 5 heteroatoms. The molecule has 3 rings (SSSR count). The standard InChI is InChI=1S/C16H15NO4/c18-16(19)6-3-9-20-11-7-8-13-15(10-11)21-14-5-2-1-4-12(14)17-13/h1-2,4-5,7-8,10,17H,3,6,9H2,(H,18,19). The topological polar surface area (TPSA) is 67.8 Å². The number of aliphatic carboxylic acids is 1. The first-order valence-electron chi connectivity index (χ1n) is 6.75. The number of para-hydroxylation sites is 2. The Balaban J connectivity index is 1.67. The van der Waals surface area contributed by atoms with Crippen LogP contribution in [0.5, 0.6) is 17.2 Å². The van der Waals surface area contributed by atoms with Gasteiger partial charge in [-0.1, -0.05) is 12.1 Å². The lowest BCUT2D eigenvalue weighted by atomic mass is 10.2. The van der Waals surface area contributed by atoms with Gasteiger partial charge in [0.1, 0.15) is 5.75 Å². The summed E-state index contributed by atoms with van der Waals surface area (Å²) < 4.78 is 11.4. The lowest BCUT2D eigenvalue weighted by molar-refractivity contribution is -0.137. The van der Waals surface area contributed by atoms with Crippen LogP contribution in [0, 0.1) is 0 Å². The van der Waals surface area contributed by atoms with E-state index in [4.69, 9.17) is 14.6 Å². The molecule has 0 saturated heterocycles. The molecule has 0 radical (unpaired) electrons. The maximum atomic E-state index is 10.4. The number of hydrogen-bond donors (Lipinski definition) is 2. The Morgan fingerprint density at radius 2 is 1.95 bits per heavy atom. The van der Waals surface area contributed by atoms with E-state index in [9.17, 15) is 4.79 Å².